The molecule has 0 radical (unpaired) electrons. The van der Waals surface area contributed by atoms with Gasteiger partial charge in [-0.05, 0) is 37.6 Å². The molecule has 2 atom stereocenters. The van der Waals surface area contributed by atoms with Crippen molar-refractivity contribution in [2.75, 3.05) is 30.8 Å². The van der Waals surface area contributed by atoms with E-state index in [1.54, 1.807) is 26.1 Å². The number of hydrogen-bond acceptors (Lipinski definition) is 7. The molecular formula is C30H31N7O3. The fraction of sp³-hybridized carbons (Fsp3) is 0.267. The van der Waals surface area contributed by atoms with Crippen LogP contribution in [0.25, 0.3) is 16.6 Å². The number of nitrogens with two attached hydrogens (primary N) is 1. The zero-order valence-corrected chi connectivity index (χ0v) is 22.5. The molecule has 10 heteroatoms. The lowest BCUT2D eigenvalue weighted by Crippen LogP contribution is -2.34. The number of hydrogen-bond donors (Lipinski definition) is 3. The molecule has 1 aliphatic heterocycles. The molecule has 0 spiro atoms. The van der Waals surface area contributed by atoms with Gasteiger partial charge in [-0.2, -0.15) is 5.10 Å². The molecule has 5 rings (SSSR count). The average Bonchev–Trinajstić information content (AvgIpc) is 3.57. The Morgan fingerprint density at radius 2 is 2.08 bits per heavy atom. The number of carbonyl (C=O) groups excluding carboxylic acids is 1. The standard InChI is InChI=1S/C30H31N7O3/c1-4-16-32-28-25(26(31)35-36(28)3)29(38)33-19(2)27-34-23-12-8-9-21(14-13-20-15-17-40-18-20)24(23)30(39)37(27)22-10-6-5-7-11-22/h4-12,19-20,32H,1,15-18H2,2-3H3,(H2,31,35)(H,33,38). The molecule has 1 aliphatic rings. The molecule has 0 saturated carbocycles. The summed E-state index contributed by atoms with van der Waals surface area (Å²) in [6.07, 6.45) is 2.54. The minimum absolute atomic E-state index is 0.0848. The predicted molar refractivity (Wildman–Crippen MR) is 155 cm³/mol. The number of aryl methyl sites for hydroxylation is 1. The number of nitrogens with one attached hydrogen (secondary N) is 2. The molecule has 40 heavy (non-hydrogen) atoms. The van der Waals surface area contributed by atoms with E-state index in [2.05, 4.69) is 34.2 Å². The van der Waals surface area contributed by atoms with E-state index in [1.165, 1.54) is 9.25 Å². The molecule has 4 aromatic rings. The third-order valence-electron chi connectivity index (χ3n) is 6.73. The lowest BCUT2D eigenvalue weighted by Gasteiger charge is -2.20. The van der Waals surface area contributed by atoms with Gasteiger partial charge in [-0.3, -0.25) is 18.8 Å². The second-order valence-electron chi connectivity index (χ2n) is 9.57. The summed E-state index contributed by atoms with van der Waals surface area (Å²) in [4.78, 5) is 32.4. The first-order chi connectivity index (χ1) is 19.4. The highest BCUT2D eigenvalue weighted by Gasteiger charge is 2.25. The van der Waals surface area contributed by atoms with Gasteiger partial charge < -0.3 is 21.1 Å². The number of carbonyl (C=O) groups is 1. The van der Waals surface area contributed by atoms with Gasteiger partial charge in [-0.25, -0.2) is 4.98 Å². The van der Waals surface area contributed by atoms with Gasteiger partial charge in [0.1, 0.15) is 17.2 Å². The van der Waals surface area contributed by atoms with Crippen molar-refractivity contribution >= 4 is 28.4 Å². The molecule has 1 fully saturated rings. The number of nitrogens with zero attached hydrogens (tertiary/aromatic N) is 4. The van der Waals surface area contributed by atoms with Crippen LogP contribution < -0.4 is 21.9 Å². The number of nitrogen functional groups attached to an aromatic ring is 1. The van der Waals surface area contributed by atoms with E-state index in [1.807, 2.05) is 42.5 Å². The zero-order chi connectivity index (χ0) is 28.2. The fourth-order valence-corrected chi connectivity index (χ4v) is 4.77. The minimum atomic E-state index is -0.665. The number of para-hydroxylation sites is 1. The largest absolute Gasteiger partial charge is 0.381 e. The average molecular weight is 538 g/mol. The molecule has 2 unspecified atom stereocenters. The van der Waals surface area contributed by atoms with Crippen LogP contribution in [0.3, 0.4) is 0 Å². The van der Waals surface area contributed by atoms with E-state index in [0.717, 1.165) is 6.42 Å². The summed E-state index contributed by atoms with van der Waals surface area (Å²) in [5.74, 6) is 7.05. The SMILES string of the molecule is C=CCNc1c(C(=O)NC(C)c2nc3cccc(C#CC4CCOC4)c3c(=O)n2-c2ccccc2)c(N)nn1C. The highest BCUT2D eigenvalue weighted by atomic mass is 16.5. The number of rotatable bonds is 7. The Labute approximate surface area is 231 Å². The number of benzene rings is 2. The Bertz CT molecular complexity index is 1690. The van der Waals surface area contributed by atoms with Crippen molar-refractivity contribution in [3.05, 3.63) is 88.5 Å². The molecule has 2 aromatic carbocycles. The Morgan fingerprint density at radius 3 is 2.80 bits per heavy atom. The second kappa shape index (κ2) is 11.5. The molecule has 204 valence electrons. The van der Waals surface area contributed by atoms with Crippen LogP contribution in [-0.2, 0) is 11.8 Å². The van der Waals surface area contributed by atoms with E-state index < -0.39 is 11.9 Å². The second-order valence-corrected chi connectivity index (χ2v) is 9.57. The molecular weight excluding hydrogens is 506 g/mol. The summed E-state index contributed by atoms with van der Waals surface area (Å²) in [5.41, 5.74) is 7.76. The van der Waals surface area contributed by atoms with Crippen molar-refractivity contribution in [1.29, 1.82) is 0 Å². The van der Waals surface area contributed by atoms with Crippen molar-refractivity contribution < 1.29 is 9.53 Å². The highest BCUT2D eigenvalue weighted by molar-refractivity contribution is 6.03. The molecule has 1 saturated heterocycles. The number of aromatic nitrogens is 4. The lowest BCUT2D eigenvalue weighted by atomic mass is 10.1. The van der Waals surface area contributed by atoms with Gasteiger partial charge in [0.15, 0.2) is 5.82 Å². The van der Waals surface area contributed by atoms with Crippen LogP contribution in [0, 0.1) is 17.8 Å². The summed E-state index contributed by atoms with van der Waals surface area (Å²) >= 11 is 0. The Kier molecular flexibility index (Phi) is 7.66. The first-order valence-electron chi connectivity index (χ1n) is 13.1. The van der Waals surface area contributed by atoms with Crippen LogP contribution in [0.15, 0.2) is 66.0 Å². The van der Waals surface area contributed by atoms with E-state index in [-0.39, 0.29) is 22.9 Å². The lowest BCUT2D eigenvalue weighted by molar-refractivity contribution is 0.0939. The third kappa shape index (κ3) is 5.19. The topological polar surface area (TPSA) is 129 Å². The van der Waals surface area contributed by atoms with Crippen molar-refractivity contribution in [3.8, 4) is 17.5 Å². The van der Waals surface area contributed by atoms with Crippen molar-refractivity contribution in [3.63, 3.8) is 0 Å². The molecule has 2 aromatic heterocycles. The summed E-state index contributed by atoms with van der Waals surface area (Å²) in [6.45, 7) is 7.20. The fourth-order valence-electron chi connectivity index (χ4n) is 4.77. The van der Waals surface area contributed by atoms with Crippen LogP contribution in [0.1, 0.15) is 41.1 Å². The first-order valence-corrected chi connectivity index (χ1v) is 13.1. The number of ether oxygens (including phenoxy) is 1. The smallest absolute Gasteiger partial charge is 0.267 e. The Morgan fingerprint density at radius 1 is 1.27 bits per heavy atom. The van der Waals surface area contributed by atoms with Gasteiger partial charge in [-0.1, -0.05) is 42.2 Å². The van der Waals surface area contributed by atoms with Crippen LogP contribution in [0.4, 0.5) is 11.6 Å². The first kappa shape index (κ1) is 26.7. The molecule has 0 bridgehead atoms. The summed E-state index contributed by atoms with van der Waals surface area (Å²) in [7, 11) is 1.69. The maximum Gasteiger partial charge on any atom is 0.267 e. The molecule has 4 N–H and O–H groups in total. The van der Waals surface area contributed by atoms with Crippen molar-refractivity contribution in [1.82, 2.24) is 24.6 Å². The maximum absolute atomic E-state index is 14.1. The van der Waals surface area contributed by atoms with Crippen LogP contribution >= 0.6 is 0 Å². The predicted octanol–water partition coefficient (Wildman–Crippen LogP) is 3.18. The summed E-state index contributed by atoms with van der Waals surface area (Å²) in [6, 6.07) is 14.0. The van der Waals surface area contributed by atoms with Gasteiger partial charge in [0, 0.05) is 31.7 Å². The van der Waals surface area contributed by atoms with Crippen LogP contribution in [0.2, 0.25) is 0 Å². The van der Waals surface area contributed by atoms with E-state index in [9.17, 15) is 9.59 Å². The summed E-state index contributed by atoms with van der Waals surface area (Å²) < 4.78 is 8.47. The zero-order valence-electron chi connectivity index (χ0n) is 22.5. The number of amides is 1. The normalized spacial score (nSPS) is 15.3. The van der Waals surface area contributed by atoms with E-state index in [4.69, 9.17) is 15.5 Å². The number of anilines is 2. The van der Waals surface area contributed by atoms with Crippen LogP contribution in [-0.4, -0.2) is 45.0 Å². The summed E-state index contributed by atoms with van der Waals surface area (Å²) in [5, 5.41) is 10.7. The van der Waals surface area contributed by atoms with Crippen molar-refractivity contribution in [2.24, 2.45) is 13.0 Å². The van der Waals surface area contributed by atoms with Gasteiger partial charge >= 0.3 is 0 Å². The third-order valence-corrected chi connectivity index (χ3v) is 6.73. The Balaban J connectivity index is 1.59. The quantitative estimate of drug-likeness (QED) is 0.244. The molecule has 0 aliphatic carbocycles. The molecule has 3 heterocycles. The van der Waals surface area contributed by atoms with Crippen LogP contribution in [0.5, 0.6) is 0 Å². The van der Waals surface area contributed by atoms with Gasteiger partial charge in [-0.15, -0.1) is 6.58 Å². The maximum atomic E-state index is 14.1. The number of fused-ring (bicyclic) bond motifs is 1. The van der Waals surface area contributed by atoms with Gasteiger partial charge in [0.2, 0.25) is 0 Å². The van der Waals surface area contributed by atoms with Gasteiger partial charge in [0.25, 0.3) is 11.5 Å². The minimum Gasteiger partial charge on any atom is -0.381 e. The van der Waals surface area contributed by atoms with Gasteiger partial charge in [0.05, 0.1) is 29.2 Å². The monoisotopic (exact) mass is 537 g/mol. The highest BCUT2D eigenvalue weighted by Crippen LogP contribution is 2.24. The van der Waals surface area contributed by atoms with E-state index >= 15 is 0 Å². The molecule has 10 nitrogen and oxygen atoms in total. The van der Waals surface area contributed by atoms with E-state index in [0.29, 0.717) is 53.6 Å². The van der Waals surface area contributed by atoms with Crippen molar-refractivity contribution in [2.45, 2.75) is 19.4 Å². The molecule has 1 amide bonds. The Hall–Kier alpha value is -4.88.